The summed E-state index contributed by atoms with van der Waals surface area (Å²) < 4.78 is 11.0. The SMILES string of the molecule is C1CC2(CCN1)OCCO2.Cl. The van der Waals surface area contributed by atoms with Crippen LogP contribution in [-0.2, 0) is 9.47 Å². The van der Waals surface area contributed by atoms with E-state index in [9.17, 15) is 0 Å². The third-order valence-corrected chi connectivity index (χ3v) is 2.18. The molecule has 0 amide bonds. The highest BCUT2D eigenvalue weighted by Crippen LogP contribution is 2.28. The van der Waals surface area contributed by atoms with Crippen molar-refractivity contribution in [3.63, 3.8) is 0 Å². The fourth-order valence-corrected chi connectivity index (χ4v) is 1.59. The van der Waals surface area contributed by atoms with Gasteiger partial charge in [0.05, 0.1) is 13.2 Å². The Bertz CT molecular complexity index is 118. The van der Waals surface area contributed by atoms with Crippen LogP contribution in [0.2, 0.25) is 0 Å². The van der Waals surface area contributed by atoms with Crippen LogP contribution >= 0.6 is 12.4 Å². The first-order valence-corrected chi connectivity index (χ1v) is 3.90. The topological polar surface area (TPSA) is 30.5 Å². The Balaban J connectivity index is 0.000000605. The van der Waals surface area contributed by atoms with Crippen molar-refractivity contribution in [1.29, 1.82) is 0 Å². The van der Waals surface area contributed by atoms with E-state index in [0.717, 1.165) is 39.1 Å². The van der Waals surface area contributed by atoms with Crippen LogP contribution in [0.1, 0.15) is 12.8 Å². The molecule has 0 bridgehead atoms. The van der Waals surface area contributed by atoms with Crippen LogP contribution in [0, 0.1) is 0 Å². The molecule has 66 valence electrons. The number of halogens is 1. The molecule has 2 heterocycles. The molecule has 0 unspecified atom stereocenters. The number of piperidine rings is 1. The van der Waals surface area contributed by atoms with E-state index >= 15 is 0 Å². The summed E-state index contributed by atoms with van der Waals surface area (Å²) >= 11 is 0. The van der Waals surface area contributed by atoms with Crippen molar-refractivity contribution in [3.8, 4) is 0 Å². The van der Waals surface area contributed by atoms with Gasteiger partial charge in [-0.1, -0.05) is 0 Å². The monoisotopic (exact) mass is 179 g/mol. The molecule has 1 N–H and O–H groups in total. The van der Waals surface area contributed by atoms with Gasteiger partial charge < -0.3 is 14.8 Å². The highest BCUT2D eigenvalue weighted by molar-refractivity contribution is 5.85. The fourth-order valence-electron chi connectivity index (χ4n) is 1.59. The summed E-state index contributed by atoms with van der Waals surface area (Å²) in [6.45, 7) is 3.61. The van der Waals surface area contributed by atoms with Crippen molar-refractivity contribution in [3.05, 3.63) is 0 Å². The zero-order valence-electron chi connectivity index (χ0n) is 6.47. The van der Waals surface area contributed by atoms with E-state index < -0.39 is 0 Å². The molecule has 0 radical (unpaired) electrons. The molecule has 0 saturated carbocycles. The second-order valence-corrected chi connectivity index (χ2v) is 2.86. The van der Waals surface area contributed by atoms with E-state index in [-0.39, 0.29) is 18.2 Å². The molecule has 2 fully saturated rings. The molecule has 4 heteroatoms. The van der Waals surface area contributed by atoms with Crippen LogP contribution in [-0.4, -0.2) is 32.1 Å². The first-order chi connectivity index (χ1) is 4.91. The standard InChI is InChI=1S/C7H13NO2.ClH/c1-3-8-4-2-7(1)9-5-6-10-7;/h8H,1-6H2;1H. The number of hydrogen-bond donors (Lipinski definition) is 1. The van der Waals surface area contributed by atoms with E-state index in [2.05, 4.69) is 5.32 Å². The third-order valence-electron chi connectivity index (χ3n) is 2.18. The molecule has 0 aromatic rings. The first kappa shape index (κ1) is 9.26. The van der Waals surface area contributed by atoms with E-state index in [4.69, 9.17) is 9.47 Å². The lowest BCUT2D eigenvalue weighted by Crippen LogP contribution is -2.42. The van der Waals surface area contributed by atoms with E-state index in [0.29, 0.717) is 0 Å². The predicted molar refractivity (Wildman–Crippen MR) is 44.0 cm³/mol. The predicted octanol–water partition coefficient (Wildman–Crippen LogP) is 0.535. The van der Waals surface area contributed by atoms with E-state index in [1.54, 1.807) is 0 Å². The molecule has 2 saturated heterocycles. The quantitative estimate of drug-likeness (QED) is 0.589. The highest BCUT2D eigenvalue weighted by atomic mass is 35.5. The summed E-state index contributed by atoms with van der Waals surface area (Å²) in [7, 11) is 0. The van der Waals surface area contributed by atoms with E-state index in [1.165, 1.54) is 0 Å². The zero-order chi connectivity index (χ0) is 6.86. The number of rotatable bonds is 0. The Hall–Kier alpha value is 0.170. The van der Waals surface area contributed by atoms with Gasteiger partial charge in [-0.05, 0) is 0 Å². The Kier molecular flexibility index (Phi) is 3.13. The summed E-state index contributed by atoms with van der Waals surface area (Å²) in [5.41, 5.74) is 0. The summed E-state index contributed by atoms with van der Waals surface area (Å²) in [5, 5.41) is 3.28. The second kappa shape index (κ2) is 3.72. The Morgan fingerprint density at radius 3 is 2.09 bits per heavy atom. The zero-order valence-corrected chi connectivity index (χ0v) is 7.28. The molecular weight excluding hydrogens is 166 g/mol. The van der Waals surface area contributed by atoms with Gasteiger partial charge in [-0.15, -0.1) is 12.4 Å². The van der Waals surface area contributed by atoms with Crippen molar-refractivity contribution in [1.82, 2.24) is 5.32 Å². The summed E-state index contributed by atoms with van der Waals surface area (Å²) in [6, 6.07) is 0. The largest absolute Gasteiger partial charge is 0.347 e. The van der Waals surface area contributed by atoms with Gasteiger partial charge in [-0.25, -0.2) is 0 Å². The average Bonchev–Trinajstić information content (AvgIpc) is 2.39. The van der Waals surface area contributed by atoms with Gasteiger partial charge >= 0.3 is 0 Å². The molecule has 0 atom stereocenters. The number of nitrogens with one attached hydrogen (secondary N) is 1. The molecular formula is C7H14ClNO2. The van der Waals surface area contributed by atoms with Crippen molar-refractivity contribution < 1.29 is 9.47 Å². The second-order valence-electron chi connectivity index (χ2n) is 2.86. The Labute approximate surface area is 72.8 Å². The molecule has 0 aliphatic carbocycles. The van der Waals surface area contributed by atoms with Crippen LogP contribution in [0.5, 0.6) is 0 Å². The van der Waals surface area contributed by atoms with Crippen molar-refractivity contribution >= 4 is 12.4 Å². The Morgan fingerprint density at radius 2 is 1.55 bits per heavy atom. The lowest BCUT2D eigenvalue weighted by atomic mass is 10.1. The smallest absolute Gasteiger partial charge is 0.170 e. The van der Waals surface area contributed by atoms with Crippen LogP contribution in [0.15, 0.2) is 0 Å². The maximum absolute atomic E-state index is 5.52. The highest BCUT2D eigenvalue weighted by Gasteiger charge is 2.37. The van der Waals surface area contributed by atoms with Crippen LogP contribution in [0.3, 0.4) is 0 Å². The van der Waals surface area contributed by atoms with Gasteiger partial charge in [0.1, 0.15) is 0 Å². The maximum atomic E-state index is 5.52. The molecule has 2 aliphatic heterocycles. The van der Waals surface area contributed by atoms with Gasteiger partial charge in [-0.3, -0.25) is 0 Å². The lowest BCUT2D eigenvalue weighted by molar-refractivity contribution is -0.172. The third kappa shape index (κ3) is 1.85. The molecule has 3 nitrogen and oxygen atoms in total. The fraction of sp³-hybridized carbons (Fsp3) is 1.00. The number of hydrogen-bond acceptors (Lipinski definition) is 3. The summed E-state index contributed by atoms with van der Waals surface area (Å²) in [5.74, 6) is -0.189. The van der Waals surface area contributed by atoms with Gasteiger partial charge in [0.25, 0.3) is 0 Å². The lowest BCUT2D eigenvalue weighted by Gasteiger charge is -2.31. The number of ether oxygens (including phenoxy) is 2. The minimum absolute atomic E-state index is 0. The van der Waals surface area contributed by atoms with Gasteiger partial charge in [-0.2, -0.15) is 0 Å². The van der Waals surface area contributed by atoms with Crippen molar-refractivity contribution in [2.24, 2.45) is 0 Å². The molecule has 1 spiro atoms. The molecule has 2 rings (SSSR count). The normalized spacial score (nSPS) is 28.4. The van der Waals surface area contributed by atoms with Crippen molar-refractivity contribution in [2.45, 2.75) is 18.6 Å². The average molecular weight is 180 g/mol. The molecule has 0 aromatic heterocycles. The molecule has 0 aromatic carbocycles. The summed E-state index contributed by atoms with van der Waals surface area (Å²) in [6.07, 6.45) is 2.01. The van der Waals surface area contributed by atoms with Crippen LogP contribution in [0.4, 0.5) is 0 Å². The maximum Gasteiger partial charge on any atom is 0.170 e. The minimum Gasteiger partial charge on any atom is -0.347 e. The minimum atomic E-state index is -0.189. The first-order valence-electron chi connectivity index (χ1n) is 3.90. The van der Waals surface area contributed by atoms with Crippen molar-refractivity contribution in [2.75, 3.05) is 26.3 Å². The molecule has 11 heavy (non-hydrogen) atoms. The van der Waals surface area contributed by atoms with Crippen LogP contribution in [0.25, 0.3) is 0 Å². The van der Waals surface area contributed by atoms with Gasteiger partial charge in [0.15, 0.2) is 5.79 Å². The molecule has 2 aliphatic rings. The van der Waals surface area contributed by atoms with Gasteiger partial charge in [0.2, 0.25) is 0 Å². The van der Waals surface area contributed by atoms with E-state index in [1.807, 2.05) is 0 Å². The summed E-state index contributed by atoms with van der Waals surface area (Å²) in [4.78, 5) is 0. The Morgan fingerprint density at radius 1 is 1.00 bits per heavy atom. The van der Waals surface area contributed by atoms with Crippen LogP contribution < -0.4 is 5.32 Å². The van der Waals surface area contributed by atoms with Gasteiger partial charge in [0, 0.05) is 25.9 Å².